The van der Waals surface area contributed by atoms with Crippen molar-refractivity contribution in [1.82, 2.24) is 4.90 Å². The maximum Gasteiger partial charge on any atom is 0.0628 e. The standard InChI is InChI=1S/C13H18Cl2N2.ClH/c1-13(2,16)8-17-6-5-10-9(7-17)3-4-11(14)12(10)15;/h3-4H,5-8,16H2,1-2H3;1H. The van der Waals surface area contributed by atoms with Gasteiger partial charge in [-0.15, -0.1) is 12.4 Å². The Labute approximate surface area is 125 Å². The number of benzene rings is 1. The molecule has 0 unspecified atom stereocenters. The van der Waals surface area contributed by atoms with Crippen molar-refractivity contribution in [2.45, 2.75) is 32.4 Å². The summed E-state index contributed by atoms with van der Waals surface area (Å²) in [5.41, 5.74) is 8.36. The van der Waals surface area contributed by atoms with E-state index in [-0.39, 0.29) is 17.9 Å². The monoisotopic (exact) mass is 308 g/mol. The van der Waals surface area contributed by atoms with Gasteiger partial charge in [-0.2, -0.15) is 0 Å². The Morgan fingerprint density at radius 2 is 2.00 bits per heavy atom. The van der Waals surface area contributed by atoms with E-state index >= 15 is 0 Å². The molecule has 5 heteroatoms. The highest BCUT2D eigenvalue weighted by Crippen LogP contribution is 2.32. The Morgan fingerprint density at radius 1 is 1.33 bits per heavy atom. The first-order valence-corrected chi connectivity index (χ1v) is 6.59. The lowest BCUT2D eigenvalue weighted by atomic mass is 9.97. The van der Waals surface area contributed by atoms with Crippen LogP contribution in [0.5, 0.6) is 0 Å². The molecule has 0 amide bonds. The van der Waals surface area contributed by atoms with Crippen molar-refractivity contribution < 1.29 is 0 Å². The van der Waals surface area contributed by atoms with Gasteiger partial charge in [-0.1, -0.05) is 29.3 Å². The first kappa shape index (κ1) is 16.1. The van der Waals surface area contributed by atoms with E-state index in [9.17, 15) is 0 Å². The Balaban J connectivity index is 0.00000162. The van der Waals surface area contributed by atoms with E-state index < -0.39 is 0 Å². The van der Waals surface area contributed by atoms with Gasteiger partial charge >= 0.3 is 0 Å². The molecule has 1 aromatic rings. The van der Waals surface area contributed by atoms with Gasteiger partial charge in [0.1, 0.15) is 0 Å². The molecule has 0 aliphatic carbocycles. The molecule has 0 aromatic heterocycles. The fourth-order valence-corrected chi connectivity index (χ4v) is 2.81. The molecule has 1 aromatic carbocycles. The lowest BCUT2D eigenvalue weighted by Gasteiger charge is -2.34. The summed E-state index contributed by atoms with van der Waals surface area (Å²) in [7, 11) is 0. The van der Waals surface area contributed by atoms with Crippen LogP contribution in [0.4, 0.5) is 0 Å². The highest BCUT2D eigenvalue weighted by atomic mass is 35.5. The van der Waals surface area contributed by atoms with Crippen LogP contribution in [0, 0.1) is 0 Å². The van der Waals surface area contributed by atoms with Crippen LogP contribution < -0.4 is 5.73 Å². The molecule has 1 aliphatic heterocycles. The van der Waals surface area contributed by atoms with E-state index in [0.717, 1.165) is 31.1 Å². The van der Waals surface area contributed by atoms with Gasteiger partial charge in [0.25, 0.3) is 0 Å². The third-order valence-corrected chi connectivity index (χ3v) is 3.84. The van der Waals surface area contributed by atoms with Gasteiger partial charge < -0.3 is 5.73 Å². The molecular weight excluding hydrogens is 291 g/mol. The second-order valence-electron chi connectivity index (χ2n) is 5.45. The average Bonchev–Trinajstić information content (AvgIpc) is 2.21. The molecule has 2 nitrogen and oxygen atoms in total. The smallest absolute Gasteiger partial charge is 0.0628 e. The summed E-state index contributed by atoms with van der Waals surface area (Å²) in [6, 6.07) is 3.94. The molecule has 102 valence electrons. The zero-order valence-corrected chi connectivity index (χ0v) is 13.0. The molecular formula is C13H19Cl3N2. The van der Waals surface area contributed by atoms with Crippen LogP contribution in [-0.4, -0.2) is 23.5 Å². The van der Waals surface area contributed by atoms with Gasteiger partial charge in [-0.25, -0.2) is 0 Å². The zero-order valence-electron chi connectivity index (χ0n) is 10.7. The minimum atomic E-state index is -0.159. The first-order valence-electron chi connectivity index (χ1n) is 5.84. The fourth-order valence-electron chi connectivity index (χ4n) is 2.35. The Hall–Kier alpha value is 0.01000. The van der Waals surface area contributed by atoms with Gasteiger partial charge in [0.2, 0.25) is 0 Å². The van der Waals surface area contributed by atoms with Crippen LogP contribution in [0.3, 0.4) is 0 Å². The normalized spacial score (nSPS) is 16.1. The van der Waals surface area contributed by atoms with Crippen molar-refractivity contribution >= 4 is 35.6 Å². The number of halogens is 3. The Bertz CT molecular complexity index is 427. The maximum absolute atomic E-state index is 6.22. The Morgan fingerprint density at radius 3 is 2.61 bits per heavy atom. The van der Waals surface area contributed by atoms with E-state index in [4.69, 9.17) is 28.9 Å². The van der Waals surface area contributed by atoms with Crippen molar-refractivity contribution in [3.8, 4) is 0 Å². The molecule has 18 heavy (non-hydrogen) atoms. The lowest BCUT2D eigenvalue weighted by molar-refractivity contribution is 0.209. The van der Waals surface area contributed by atoms with Crippen LogP contribution in [0.1, 0.15) is 25.0 Å². The number of hydrogen-bond donors (Lipinski definition) is 1. The second kappa shape index (κ2) is 5.98. The van der Waals surface area contributed by atoms with Crippen LogP contribution in [0.25, 0.3) is 0 Å². The number of nitrogens with two attached hydrogens (primary N) is 1. The van der Waals surface area contributed by atoms with E-state index in [1.54, 1.807) is 0 Å². The summed E-state index contributed by atoms with van der Waals surface area (Å²) in [4.78, 5) is 2.37. The topological polar surface area (TPSA) is 29.3 Å². The maximum atomic E-state index is 6.22. The number of hydrogen-bond acceptors (Lipinski definition) is 2. The molecule has 0 fully saturated rings. The van der Waals surface area contributed by atoms with Crippen molar-refractivity contribution in [3.05, 3.63) is 33.3 Å². The number of rotatable bonds is 2. The predicted octanol–water partition coefficient (Wildman–Crippen LogP) is 3.51. The van der Waals surface area contributed by atoms with Gasteiger partial charge in [-0.3, -0.25) is 4.90 Å². The van der Waals surface area contributed by atoms with Crippen molar-refractivity contribution in [2.75, 3.05) is 13.1 Å². The predicted molar refractivity (Wildman–Crippen MR) is 81.0 cm³/mol. The van der Waals surface area contributed by atoms with Crippen LogP contribution >= 0.6 is 35.6 Å². The number of nitrogens with zero attached hydrogens (tertiary/aromatic N) is 1. The van der Waals surface area contributed by atoms with Crippen LogP contribution in [0.15, 0.2) is 12.1 Å². The molecule has 2 rings (SSSR count). The summed E-state index contributed by atoms with van der Waals surface area (Å²) in [6.07, 6.45) is 0.949. The van der Waals surface area contributed by atoms with E-state index in [1.807, 2.05) is 6.07 Å². The average molecular weight is 310 g/mol. The summed E-state index contributed by atoms with van der Waals surface area (Å²) in [5.74, 6) is 0. The van der Waals surface area contributed by atoms with E-state index in [0.29, 0.717) is 5.02 Å². The van der Waals surface area contributed by atoms with Crippen molar-refractivity contribution in [3.63, 3.8) is 0 Å². The van der Waals surface area contributed by atoms with E-state index in [1.165, 1.54) is 11.1 Å². The van der Waals surface area contributed by atoms with Crippen molar-refractivity contribution in [2.24, 2.45) is 5.73 Å². The molecule has 0 radical (unpaired) electrons. The summed E-state index contributed by atoms with van der Waals surface area (Å²) < 4.78 is 0. The summed E-state index contributed by atoms with van der Waals surface area (Å²) in [5, 5.41) is 1.37. The minimum absolute atomic E-state index is 0. The van der Waals surface area contributed by atoms with Gasteiger partial charge in [0.05, 0.1) is 10.0 Å². The third-order valence-electron chi connectivity index (χ3n) is 3.00. The van der Waals surface area contributed by atoms with Crippen molar-refractivity contribution in [1.29, 1.82) is 0 Å². The van der Waals surface area contributed by atoms with Gasteiger partial charge in [-0.05, 0) is 37.5 Å². The molecule has 1 heterocycles. The van der Waals surface area contributed by atoms with Gasteiger partial charge in [0, 0.05) is 25.2 Å². The van der Waals surface area contributed by atoms with Gasteiger partial charge in [0.15, 0.2) is 0 Å². The molecule has 0 bridgehead atoms. The first-order chi connectivity index (χ1) is 7.87. The lowest BCUT2D eigenvalue weighted by Crippen LogP contribution is -2.46. The zero-order chi connectivity index (χ0) is 12.6. The SMILES string of the molecule is CC(C)(N)CN1CCc2c(ccc(Cl)c2Cl)C1.Cl. The van der Waals surface area contributed by atoms with Crippen LogP contribution in [-0.2, 0) is 13.0 Å². The Kier molecular flexibility index (Phi) is 5.33. The number of fused-ring (bicyclic) bond motifs is 1. The third kappa shape index (κ3) is 3.75. The summed E-state index contributed by atoms with van der Waals surface area (Å²) >= 11 is 12.2. The molecule has 0 saturated heterocycles. The molecule has 0 spiro atoms. The molecule has 1 aliphatic rings. The molecule has 2 N–H and O–H groups in total. The molecule has 0 atom stereocenters. The molecule has 0 saturated carbocycles. The summed E-state index contributed by atoms with van der Waals surface area (Å²) in [6.45, 7) is 6.90. The van der Waals surface area contributed by atoms with Crippen LogP contribution in [0.2, 0.25) is 10.0 Å². The largest absolute Gasteiger partial charge is 0.324 e. The minimum Gasteiger partial charge on any atom is -0.324 e. The quantitative estimate of drug-likeness (QED) is 0.906. The fraction of sp³-hybridized carbons (Fsp3) is 0.538. The van der Waals surface area contributed by atoms with E-state index in [2.05, 4.69) is 24.8 Å². The highest BCUT2D eigenvalue weighted by Gasteiger charge is 2.23. The highest BCUT2D eigenvalue weighted by molar-refractivity contribution is 6.42. The second-order valence-corrected chi connectivity index (χ2v) is 6.23.